The van der Waals surface area contributed by atoms with Crippen molar-refractivity contribution in [1.82, 2.24) is 14.5 Å². The largest absolute Gasteiger partial charge is 0.390 e. The average molecular weight is 432 g/mol. The molecule has 0 bridgehead atoms. The molecule has 2 heterocycles. The molecule has 5 nitrogen and oxygen atoms in total. The second-order valence-corrected chi connectivity index (χ2v) is 8.79. The van der Waals surface area contributed by atoms with Crippen molar-refractivity contribution in [1.29, 1.82) is 0 Å². The summed E-state index contributed by atoms with van der Waals surface area (Å²) in [6.07, 6.45) is 0.894. The molecule has 0 aliphatic rings. The molecule has 0 amide bonds. The van der Waals surface area contributed by atoms with E-state index in [2.05, 4.69) is 0 Å². The van der Waals surface area contributed by atoms with Gasteiger partial charge in [0.2, 0.25) is 0 Å². The molecule has 32 heavy (non-hydrogen) atoms. The topological polar surface area (TPSA) is 68.0 Å². The number of aliphatic hydroxyl groups is 1. The second-order valence-electron chi connectivity index (χ2n) is 8.79. The van der Waals surface area contributed by atoms with Crippen molar-refractivity contribution in [3.8, 4) is 16.9 Å². The van der Waals surface area contributed by atoms with E-state index >= 15 is 0 Å². The zero-order valence-corrected chi connectivity index (χ0v) is 18.7. The number of pyridine rings is 1. The molecule has 0 saturated heterocycles. The molecule has 0 unspecified atom stereocenters. The van der Waals surface area contributed by atoms with Crippen LogP contribution in [0.4, 0.5) is 4.39 Å². The first-order valence-corrected chi connectivity index (χ1v) is 10.6. The van der Waals surface area contributed by atoms with E-state index < -0.39 is 5.60 Å². The Morgan fingerprint density at radius 3 is 2.44 bits per heavy atom. The van der Waals surface area contributed by atoms with Gasteiger partial charge in [0.05, 0.1) is 17.0 Å². The number of aryl methyl sites for hydroxylation is 3. The Kier molecular flexibility index (Phi) is 5.65. The number of benzene rings is 2. The maximum absolute atomic E-state index is 13.8. The summed E-state index contributed by atoms with van der Waals surface area (Å²) in [6, 6.07) is 15.5. The molecule has 6 heteroatoms. The van der Waals surface area contributed by atoms with Gasteiger partial charge in [-0.3, -0.25) is 9.36 Å². The van der Waals surface area contributed by atoms with Crippen molar-refractivity contribution >= 4 is 11.0 Å². The maximum atomic E-state index is 13.8. The number of rotatable bonds is 5. The molecule has 2 aromatic heterocycles. The lowest BCUT2D eigenvalue weighted by Crippen LogP contribution is -2.22. The third-order valence-corrected chi connectivity index (χ3v) is 5.56. The van der Waals surface area contributed by atoms with Crippen LogP contribution in [0.15, 0.2) is 59.4 Å². The highest BCUT2D eigenvalue weighted by Crippen LogP contribution is 2.30. The number of hydrogen-bond donors (Lipinski definition) is 1. The lowest BCUT2D eigenvalue weighted by molar-refractivity contribution is 0.0708. The Bertz CT molecular complexity index is 1370. The fourth-order valence-corrected chi connectivity index (χ4v) is 3.83. The quantitative estimate of drug-likeness (QED) is 0.488. The smallest absolute Gasteiger partial charge is 0.256 e. The van der Waals surface area contributed by atoms with Crippen LogP contribution in [0.1, 0.15) is 37.2 Å². The summed E-state index contributed by atoms with van der Waals surface area (Å²) < 4.78 is 15.4. The van der Waals surface area contributed by atoms with Crippen LogP contribution < -0.4 is 5.56 Å². The Morgan fingerprint density at radius 2 is 1.75 bits per heavy atom. The third-order valence-electron chi connectivity index (χ3n) is 5.56. The standard InChI is InChI=1S/C26H26FN3O2/c1-16-7-5-6-8-21(16)30-23(31)12-11-20-24(19-10-9-18(27)15-17(19)2)28-22(29-25(20)30)13-14-26(3,4)32/h5-12,15,32H,13-14H2,1-4H3. The molecule has 2 aromatic carbocycles. The summed E-state index contributed by atoms with van der Waals surface area (Å²) >= 11 is 0. The van der Waals surface area contributed by atoms with E-state index in [4.69, 9.17) is 9.97 Å². The lowest BCUT2D eigenvalue weighted by Gasteiger charge is -2.18. The monoisotopic (exact) mass is 431 g/mol. The van der Waals surface area contributed by atoms with Crippen LogP contribution in [-0.2, 0) is 6.42 Å². The van der Waals surface area contributed by atoms with Crippen LogP contribution in [0, 0.1) is 19.7 Å². The Labute approximate surface area is 186 Å². The summed E-state index contributed by atoms with van der Waals surface area (Å²) in [5.41, 5.74) is 3.27. The summed E-state index contributed by atoms with van der Waals surface area (Å²) in [6.45, 7) is 7.26. The number of para-hydroxylation sites is 1. The van der Waals surface area contributed by atoms with Gasteiger partial charge in [0, 0.05) is 23.4 Å². The van der Waals surface area contributed by atoms with E-state index in [1.54, 1.807) is 30.5 Å². The molecule has 0 saturated carbocycles. The van der Waals surface area contributed by atoms with Gasteiger partial charge in [-0.05, 0) is 75.6 Å². The molecule has 164 valence electrons. The maximum Gasteiger partial charge on any atom is 0.256 e. The number of halogens is 1. The zero-order valence-electron chi connectivity index (χ0n) is 18.7. The fraction of sp³-hybridized carbons (Fsp3) is 0.269. The van der Waals surface area contributed by atoms with Crippen LogP contribution in [0.5, 0.6) is 0 Å². The first-order chi connectivity index (χ1) is 15.1. The Balaban J connectivity index is 2.05. The van der Waals surface area contributed by atoms with E-state index in [1.165, 1.54) is 18.2 Å². The van der Waals surface area contributed by atoms with E-state index in [0.717, 1.165) is 22.4 Å². The van der Waals surface area contributed by atoms with Gasteiger partial charge in [-0.25, -0.2) is 14.4 Å². The van der Waals surface area contributed by atoms with E-state index in [-0.39, 0.29) is 11.4 Å². The molecule has 1 N–H and O–H groups in total. The minimum absolute atomic E-state index is 0.194. The van der Waals surface area contributed by atoms with Crippen molar-refractivity contribution < 1.29 is 9.50 Å². The minimum atomic E-state index is -0.878. The van der Waals surface area contributed by atoms with E-state index in [1.807, 2.05) is 38.1 Å². The Morgan fingerprint density at radius 1 is 1.00 bits per heavy atom. The van der Waals surface area contributed by atoms with Crippen molar-refractivity contribution in [3.05, 3.63) is 87.7 Å². The predicted octanol–water partition coefficient (Wildman–Crippen LogP) is 4.91. The van der Waals surface area contributed by atoms with Crippen LogP contribution in [0.3, 0.4) is 0 Å². The molecule has 4 rings (SSSR count). The SMILES string of the molecule is Cc1cc(F)ccc1-c1nc(CCC(C)(C)O)nc2c1ccc(=O)n2-c1ccccc1C. The molecule has 0 atom stereocenters. The number of hydrogen-bond acceptors (Lipinski definition) is 4. The van der Waals surface area contributed by atoms with Gasteiger partial charge < -0.3 is 5.11 Å². The average Bonchev–Trinajstić information content (AvgIpc) is 2.72. The number of fused-ring (bicyclic) bond motifs is 1. The normalized spacial score (nSPS) is 11.8. The van der Waals surface area contributed by atoms with Crippen molar-refractivity contribution in [2.45, 2.75) is 46.1 Å². The highest BCUT2D eigenvalue weighted by atomic mass is 19.1. The van der Waals surface area contributed by atoms with Gasteiger partial charge in [-0.1, -0.05) is 18.2 Å². The summed E-state index contributed by atoms with van der Waals surface area (Å²) in [4.78, 5) is 22.5. The van der Waals surface area contributed by atoms with Crippen LogP contribution in [0.2, 0.25) is 0 Å². The zero-order chi connectivity index (χ0) is 23.0. The number of aromatic nitrogens is 3. The van der Waals surface area contributed by atoms with Gasteiger partial charge in [0.25, 0.3) is 5.56 Å². The molecule has 4 aromatic rings. The van der Waals surface area contributed by atoms with Crippen molar-refractivity contribution in [2.24, 2.45) is 0 Å². The molecule has 0 spiro atoms. The van der Waals surface area contributed by atoms with Crippen LogP contribution >= 0.6 is 0 Å². The summed E-state index contributed by atoms with van der Waals surface area (Å²) in [5.74, 6) is 0.204. The predicted molar refractivity (Wildman–Crippen MR) is 125 cm³/mol. The third kappa shape index (κ3) is 4.32. The van der Waals surface area contributed by atoms with Gasteiger partial charge in [-0.2, -0.15) is 0 Å². The lowest BCUT2D eigenvalue weighted by atomic mass is 10.0. The molecular weight excluding hydrogens is 405 g/mol. The van der Waals surface area contributed by atoms with Crippen molar-refractivity contribution in [2.75, 3.05) is 0 Å². The van der Waals surface area contributed by atoms with Crippen molar-refractivity contribution in [3.63, 3.8) is 0 Å². The molecule has 0 aliphatic heterocycles. The summed E-state index contributed by atoms with van der Waals surface area (Å²) in [7, 11) is 0. The second kappa shape index (κ2) is 8.28. The van der Waals surface area contributed by atoms with Gasteiger partial charge in [-0.15, -0.1) is 0 Å². The number of nitrogens with zero attached hydrogens (tertiary/aromatic N) is 3. The molecule has 0 radical (unpaired) electrons. The van der Waals surface area contributed by atoms with E-state index in [9.17, 15) is 14.3 Å². The van der Waals surface area contributed by atoms with Crippen LogP contribution in [-0.4, -0.2) is 25.2 Å². The first kappa shape index (κ1) is 21.8. The summed E-state index contributed by atoms with van der Waals surface area (Å²) in [5, 5.41) is 10.9. The van der Waals surface area contributed by atoms with Gasteiger partial charge in [0.1, 0.15) is 11.6 Å². The highest BCUT2D eigenvalue weighted by molar-refractivity contribution is 5.92. The first-order valence-electron chi connectivity index (χ1n) is 10.6. The van der Waals surface area contributed by atoms with Crippen LogP contribution in [0.25, 0.3) is 28.0 Å². The molecule has 0 fully saturated rings. The molecule has 0 aliphatic carbocycles. The van der Waals surface area contributed by atoms with E-state index in [0.29, 0.717) is 35.4 Å². The highest BCUT2D eigenvalue weighted by Gasteiger charge is 2.19. The van der Waals surface area contributed by atoms with Gasteiger partial charge in [0.15, 0.2) is 5.65 Å². The fourth-order valence-electron chi connectivity index (χ4n) is 3.83. The minimum Gasteiger partial charge on any atom is -0.390 e. The Hall–Kier alpha value is -3.38. The van der Waals surface area contributed by atoms with Gasteiger partial charge >= 0.3 is 0 Å². The molecular formula is C26H26FN3O2.